The van der Waals surface area contributed by atoms with E-state index in [0.717, 1.165) is 0 Å². The summed E-state index contributed by atoms with van der Waals surface area (Å²) in [7, 11) is 0. The zero-order chi connectivity index (χ0) is 13.7. The van der Waals surface area contributed by atoms with Gasteiger partial charge in [0.25, 0.3) is 0 Å². The van der Waals surface area contributed by atoms with Crippen molar-refractivity contribution in [1.82, 2.24) is 10.6 Å². The zero-order valence-corrected chi connectivity index (χ0v) is 10.2. The van der Waals surface area contributed by atoms with Gasteiger partial charge in [0.1, 0.15) is 24.4 Å². The second-order valence-corrected chi connectivity index (χ2v) is 4.22. The molecular formula is C9H17ClN2O6. The molecule has 0 saturated carbocycles. The summed E-state index contributed by atoms with van der Waals surface area (Å²) in [5.74, 6) is 0.217. The molecule has 1 aliphatic heterocycles. The van der Waals surface area contributed by atoms with Crippen LogP contribution in [0.4, 0.5) is 4.79 Å². The van der Waals surface area contributed by atoms with Crippen molar-refractivity contribution in [1.29, 1.82) is 0 Å². The number of amides is 2. The van der Waals surface area contributed by atoms with Crippen molar-refractivity contribution in [2.24, 2.45) is 0 Å². The SMILES string of the molecule is O=C(NCCCl)N[C@H]1[C@H](O)[C@@H](O)[C@@H](CO)O[C@H]1O. The Labute approximate surface area is 109 Å². The van der Waals surface area contributed by atoms with Crippen LogP contribution in [0.2, 0.25) is 0 Å². The molecule has 0 aliphatic carbocycles. The largest absolute Gasteiger partial charge is 0.394 e. The van der Waals surface area contributed by atoms with Crippen molar-refractivity contribution in [2.75, 3.05) is 19.0 Å². The highest BCUT2D eigenvalue weighted by atomic mass is 35.5. The van der Waals surface area contributed by atoms with Crippen molar-refractivity contribution < 1.29 is 30.0 Å². The molecule has 8 nitrogen and oxygen atoms in total. The first-order chi connectivity index (χ1) is 8.51. The Hall–Kier alpha value is -0.640. The molecule has 0 aromatic carbocycles. The van der Waals surface area contributed by atoms with E-state index in [0.29, 0.717) is 0 Å². The summed E-state index contributed by atoms with van der Waals surface area (Å²) in [6, 6.07) is -1.85. The standard InChI is InChI=1S/C9H17ClN2O6/c10-1-2-11-9(17)12-5-7(15)6(14)4(3-13)18-8(5)16/h4-8,13-16H,1-3H2,(H2,11,12,17)/t4-,5+,6+,7+,8-/m1/s1. The lowest BCUT2D eigenvalue weighted by atomic mass is 9.97. The van der Waals surface area contributed by atoms with Crippen LogP contribution in [-0.4, -0.2) is 76.1 Å². The lowest BCUT2D eigenvalue weighted by molar-refractivity contribution is -0.252. The summed E-state index contributed by atoms with van der Waals surface area (Å²) < 4.78 is 4.86. The lowest BCUT2D eigenvalue weighted by Gasteiger charge is -2.40. The van der Waals surface area contributed by atoms with Gasteiger partial charge in [-0.3, -0.25) is 0 Å². The first-order valence-electron chi connectivity index (χ1n) is 5.42. The maximum absolute atomic E-state index is 11.3. The van der Waals surface area contributed by atoms with Crippen molar-refractivity contribution in [2.45, 2.75) is 30.6 Å². The Kier molecular flexibility index (Phi) is 6.06. The molecule has 0 radical (unpaired) electrons. The van der Waals surface area contributed by atoms with E-state index in [9.17, 15) is 20.1 Å². The number of alkyl halides is 1. The van der Waals surface area contributed by atoms with Crippen LogP contribution in [0.15, 0.2) is 0 Å². The highest BCUT2D eigenvalue weighted by Gasteiger charge is 2.44. The van der Waals surface area contributed by atoms with Gasteiger partial charge in [0.05, 0.1) is 6.61 Å². The number of hydrogen-bond donors (Lipinski definition) is 6. The van der Waals surface area contributed by atoms with E-state index in [1.54, 1.807) is 0 Å². The van der Waals surface area contributed by atoms with E-state index < -0.39 is 43.3 Å². The molecule has 2 amide bonds. The lowest BCUT2D eigenvalue weighted by Crippen LogP contribution is -2.65. The predicted octanol–water partition coefficient (Wildman–Crippen LogP) is -2.68. The third-order valence-electron chi connectivity index (χ3n) is 2.58. The number of ether oxygens (including phenoxy) is 1. The minimum absolute atomic E-state index is 0.217. The van der Waals surface area contributed by atoms with Crippen LogP contribution in [-0.2, 0) is 4.74 Å². The molecule has 6 N–H and O–H groups in total. The number of urea groups is 1. The first-order valence-corrected chi connectivity index (χ1v) is 5.95. The molecule has 0 aromatic rings. The van der Waals surface area contributed by atoms with Crippen LogP contribution in [0.1, 0.15) is 0 Å². The second kappa shape index (κ2) is 7.07. The van der Waals surface area contributed by atoms with Gasteiger partial charge in [0, 0.05) is 12.4 Å². The molecule has 1 fully saturated rings. The Morgan fingerprint density at radius 3 is 2.50 bits per heavy atom. The molecule has 9 heteroatoms. The van der Waals surface area contributed by atoms with Gasteiger partial charge < -0.3 is 35.8 Å². The topological polar surface area (TPSA) is 131 Å². The van der Waals surface area contributed by atoms with Gasteiger partial charge >= 0.3 is 6.03 Å². The van der Waals surface area contributed by atoms with Crippen LogP contribution in [0.3, 0.4) is 0 Å². The Morgan fingerprint density at radius 1 is 1.28 bits per heavy atom. The number of carbonyl (C=O) groups excluding carboxylic acids is 1. The molecule has 0 bridgehead atoms. The van der Waals surface area contributed by atoms with Gasteiger partial charge in [-0.1, -0.05) is 0 Å². The summed E-state index contributed by atoms with van der Waals surface area (Å²) in [5.41, 5.74) is 0. The van der Waals surface area contributed by atoms with E-state index >= 15 is 0 Å². The molecule has 1 saturated heterocycles. The number of rotatable bonds is 4. The van der Waals surface area contributed by atoms with Gasteiger partial charge in [-0.25, -0.2) is 4.79 Å². The summed E-state index contributed by atoms with van der Waals surface area (Å²) >= 11 is 5.37. The highest BCUT2D eigenvalue weighted by molar-refractivity contribution is 6.18. The minimum Gasteiger partial charge on any atom is -0.394 e. The number of aliphatic hydroxyl groups excluding tert-OH is 4. The Morgan fingerprint density at radius 2 is 1.94 bits per heavy atom. The van der Waals surface area contributed by atoms with Crippen LogP contribution in [0.5, 0.6) is 0 Å². The molecule has 0 spiro atoms. The number of aliphatic hydroxyl groups is 4. The average molecular weight is 285 g/mol. The Bertz CT molecular complexity index is 282. The third kappa shape index (κ3) is 3.67. The minimum atomic E-state index is -1.53. The second-order valence-electron chi connectivity index (χ2n) is 3.84. The fraction of sp³-hybridized carbons (Fsp3) is 0.889. The molecule has 0 unspecified atom stereocenters. The number of carbonyl (C=O) groups is 1. The molecular weight excluding hydrogens is 268 g/mol. The van der Waals surface area contributed by atoms with Gasteiger partial charge in [-0.15, -0.1) is 11.6 Å². The van der Waals surface area contributed by atoms with Crippen LogP contribution in [0.25, 0.3) is 0 Å². The predicted molar refractivity (Wildman–Crippen MR) is 61.0 cm³/mol. The van der Waals surface area contributed by atoms with Crippen LogP contribution < -0.4 is 10.6 Å². The monoisotopic (exact) mass is 284 g/mol. The van der Waals surface area contributed by atoms with Crippen molar-refractivity contribution in [3.05, 3.63) is 0 Å². The fourth-order valence-electron chi connectivity index (χ4n) is 1.62. The van der Waals surface area contributed by atoms with Gasteiger partial charge in [-0.05, 0) is 0 Å². The van der Waals surface area contributed by atoms with E-state index in [1.165, 1.54) is 0 Å². The van der Waals surface area contributed by atoms with Crippen molar-refractivity contribution in [3.63, 3.8) is 0 Å². The van der Waals surface area contributed by atoms with Gasteiger partial charge in [0.15, 0.2) is 6.29 Å². The third-order valence-corrected chi connectivity index (χ3v) is 2.77. The summed E-state index contributed by atoms with van der Waals surface area (Å²) in [4.78, 5) is 11.3. The molecule has 106 valence electrons. The molecule has 1 aliphatic rings. The van der Waals surface area contributed by atoms with Crippen molar-refractivity contribution in [3.8, 4) is 0 Å². The van der Waals surface area contributed by atoms with Crippen LogP contribution >= 0.6 is 11.6 Å². The Balaban J connectivity index is 2.57. The smallest absolute Gasteiger partial charge is 0.315 e. The molecule has 1 heterocycles. The summed E-state index contributed by atoms with van der Waals surface area (Å²) in [6.45, 7) is -0.338. The normalized spacial score (nSPS) is 36.2. The van der Waals surface area contributed by atoms with Crippen molar-refractivity contribution >= 4 is 17.6 Å². The zero-order valence-electron chi connectivity index (χ0n) is 9.49. The highest BCUT2D eigenvalue weighted by Crippen LogP contribution is 2.19. The molecule has 5 atom stereocenters. The molecule has 0 aromatic heterocycles. The van der Waals surface area contributed by atoms with Crippen LogP contribution in [0, 0.1) is 0 Å². The number of halogens is 1. The van der Waals surface area contributed by atoms with E-state index in [1.807, 2.05) is 0 Å². The van der Waals surface area contributed by atoms with E-state index in [2.05, 4.69) is 10.6 Å². The molecule has 18 heavy (non-hydrogen) atoms. The quantitative estimate of drug-likeness (QED) is 0.312. The number of hydrogen-bond acceptors (Lipinski definition) is 6. The number of nitrogens with one attached hydrogen (secondary N) is 2. The van der Waals surface area contributed by atoms with E-state index in [4.69, 9.17) is 21.4 Å². The maximum atomic E-state index is 11.3. The molecule has 1 rings (SSSR count). The summed E-state index contributed by atoms with van der Waals surface area (Å²) in [5, 5.41) is 42.3. The summed E-state index contributed by atoms with van der Waals surface area (Å²) in [6.07, 6.45) is -5.48. The fourth-order valence-corrected chi connectivity index (χ4v) is 1.71. The van der Waals surface area contributed by atoms with Gasteiger partial charge in [0.2, 0.25) is 0 Å². The maximum Gasteiger partial charge on any atom is 0.315 e. The van der Waals surface area contributed by atoms with E-state index in [-0.39, 0.29) is 12.4 Å². The average Bonchev–Trinajstić information content (AvgIpc) is 2.36. The van der Waals surface area contributed by atoms with Gasteiger partial charge in [-0.2, -0.15) is 0 Å². The first kappa shape index (κ1) is 15.4.